The third-order valence-electron chi connectivity index (χ3n) is 5.88. The van der Waals surface area contributed by atoms with E-state index >= 15 is 0 Å². The van der Waals surface area contributed by atoms with Crippen molar-refractivity contribution < 1.29 is 18.0 Å². The van der Waals surface area contributed by atoms with Crippen molar-refractivity contribution in [1.82, 2.24) is 9.21 Å². The zero-order valence-electron chi connectivity index (χ0n) is 19.3. The summed E-state index contributed by atoms with van der Waals surface area (Å²) in [4.78, 5) is 26.7. The molecule has 0 atom stereocenters. The number of benzene rings is 2. The fourth-order valence-electron chi connectivity index (χ4n) is 3.78. The lowest BCUT2D eigenvalue weighted by atomic mass is 9.97. The molecule has 1 saturated heterocycles. The molecule has 2 aromatic rings. The lowest BCUT2D eigenvalue weighted by molar-refractivity contribution is -0.120. The molecule has 178 valence electrons. The molecule has 0 bridgehead atoms. The average molecular weight is 492 g/mol. The van der Waals surface area contributed by atoms with Gasteiger partial charge in [-0.15, -0.1) is 0 Å². The second kappa shape index (κ2) is 10.2. The minimum Gasteiger partial charge on any atom is -0.345 e. The van der Waals surface area contributed by atoms with Crippen LogP contribution in [-0.4, -0.2) is 56.6 Å². The van der Waals surface area contributed by atoms with E-state index in [2.05, 4.69) is 19.2 Å². The number of carbonyl (C=O) groups is 2. The van der Waals surface area contributed by atoms with E-state index in [4.69, 9.17) is 11.6 Å². The number of hydrogen-bond donors (Lipinski definition) is 1. The summed E-state index contributed by atoms with van der Waals surface area (Å²) in [5.74, 6) is -0.438. The molecule has 7 nitrogen and oxygen atoms in total. The second-order valence-corrected chi connectivity index (χ2v) is 11.1. The van der Waals surface area contributed by atoms with Crippen LogP contribution >= 0.6 is 11.6 Å². The fraction of sp³-hybridized carbons (Fsp3) is 0.417. The molecule has 1 aliphatic heterocycles. The van der Waals surface area contributed by atoms with Gasteiger partial charge in [0.2, 0.25) is 15.9 Å². The van der Waals surface area contributed by atoms with E-state index < -0.39 is 10.0 Å². The molecule has 2 amide bonds. The van der Waals surface area contributed by atoms with E-state index in [1.165, 1.54) is 9.21 Å². The van der Waals surface area contributed by atoms with Gasteiger partial charge in [-0.3, -0.25) is 9.59 Å². The van der Waals surface area contributed by atoms with E-state index in [0.29, 0.717) is 35.0 Å². The Morgan fingerprint density at radius 3 is 2.21 bits per heavy atom. The third kappa shape index (κ3) is 5.75. The molecule has 0 saturated carbocycles. The first-order valence-electron chi connectivity index (χ1n) is 10.9. The molecule has 1 heterocycles. The van der Waals surface area contributed by atoms with Crippen LogP contribution in [-0.2, 0) is 14.8 Å². The molecule has 33 heavy (non-hydrogen) atoms. The molecule has 0 unspecified atom stereocenters. The topological polar surface area (TPSA) is 86.8 Å². The van der Waals surface area contributed by atoms with Gasteiger partial charge in [0.1, 0.15) is 0 Å². The predicted octanol–water partition coefficient (Wildman–Crippen LogP) is 4.20. The number of piperidine rings is 1. The number of hydrogen-bond acceptors (Lipinski definition) is 4. The van der Waals surface area contributed by atoms with Gasteiger partial charge in [-0.25, -0.2) is 8.42 Å². The number of halogens is 1. The van der Waals surface area contributed by atoms with Gasteiger partial charge in [0.05, 0.1) is 15.5 Å². The van der Waals surface area contributed by atoms with E-state index in [1.54, 1.807) is 44.4 Å². The summed E-state index contributed by atoms with van der Waals surface area (Å²) in [6.07, 6.45) is 0.846. The molecule has 0 spiro atoms. The minimum atomic E-state index is -3.60. The molecule has 9 heteroatoms. The molecule has 3 rings (SSSR count). The van der Waals surface area contributed by atoms with Gasteiger partial charge >= 0.3 is 0 Å². The van der Waals surface area contributed by atoms with Crippen LogP contribution in [0.2, 0.25) is 5.02 Å². The maximum Gasteiger partial charge on any atom is 0.254 e. The molecule has 2 aromatic carbocycles. The first-order chi connectivity index (χ1) is 15.5. The summed E-state index contributed by atoms with van der Waals surface area (Å²) in [6.45, 7) is 4.67. The molecule has 1 aliphatic rings. The van der Waals surface area contributed by atoms with Crippen molar-refractivity contribution in [3.8, 4) is 0 Å². The summed E-state index contributed by atoms with van der Waals surface area (Å²) in [5.41, 5.74) is 1.88. The highest BCUT2D eigenvalue weighted by atomic mass is 35.5. The predicted molar refractivity (Wildman–Crippen MR) is 130 cm³/mol. The minimum absolute atomic E-state index is 0.195. The van der Waals surface area contributed by atoms with Crippen molar-refractivity contribution in [3.05, 3.63) is 58.6 Å². The first-order valence-corrected chi connectivity index (χ1v) is 12.7. The van der Waals surface area contributed by atoms with E-state index in [1.807, 2.05) is 12.1 Å². The Labute approximate surface area is 200 Å². The average Bonchev–Trinajstić information content (AvgIpc) is 2.79. The molecular weight excluding hydrogens is 462 g/mol. The molecule has 0 radical (unpaired) electrons. The molecule has 0 aliphatic carbocycles. The Kier molecular flexibility index (Phi) is 7.82. The van der Waals surface area contributed by atoms with Gasteiger partial charge in [0.25, 0.3) is 5.91 Å². The van der Waals surface area contributed by atoms with Crippen LogP contribution in [0.1, 0.15) is 48.5 Å². The van der Waals surface area contributed by atoms with Crippen molar-refractivity contribution in [1.29, 1.82) is 0 Å². The van der Waals surface area contributed by atoms with E-state index in [0.717, 1.165) is 5.56 Å². The zero-order valence-corrected chi connectivity index (χ0v) is 20.9. The summed E-state index contributed by atoms with van der Waals surface area (Å²) < 4.78 is 27.4. The monoisotopic (exact) mass is 491 g/mol. The molecule has 0 aromatic heterocycles. The number of carbonyl (C=O) groups excluding carboxylic acids is 2. The van der Waals surface area contributed by atoms with Crippen molar-refractivity contribution in [3.63, 3.8) is 0 Å². The molecule has 1 N–H and O–H groups in total. The van der Waals surface area contributed by atoms with Crippen molar-refractivity contribution in [2.45, 2.75) is 37.5 Å². The third-order valence-corrected chi connectivity index (χ3v) is 8.12. The Morgan fingerprint density at radius 2 is 1.67 bits per heavy atom. The van der Waals surface area contributed by atoms with Crippen LogP contribution in [0.4, 0.5) is 5.69 Å². The number of nitrogens with one attached hydrogen (secondary N) is 1. The smallest absolute Gasteiger partial charge is 0.254 e. The van der Waals surface area contributed by atoms with Crippen LogP contribution in [0, 0.1) is 5.92 Å². The summed E-state index contributed by atoms with van der Waals surface area (Å²) >= 11 is 6.13. The summed E-state index contributed by atoms with van der Waals surface area (Å²) in [5, 5.41) is 3.15. The van der Waals surface area contributed by atoms with Crippen molar-refractivity contribution in [2.24, 2.45) is 5.92 Å². The van der Waals surface area contributed by atoms with Gasteiger partial charge in [0, 0.05) is 38.8 Å². The summed E-state index contributed by atoms with van der Waals surface area (Å²) in [7, 11) is -0.337. The maximum atomic E-state index is 13.0. The fourth-order valence-corrected chi connectivity index (χ4v) is 5.45. The van der Waals surface area contributed by atoms with Crippen molar-refractivity contribution in [2.75, 3.05) is 32.5 Å². The highest BCUT2D eigenvalue weighted by Gasteiger charge is 2.32. The number of sulfonamides is 1. The van der Waals surface area contributed by atoms with Gasteiger partial charge in [0.15, 0.2) is 0 Å². The van der Waals surface area contributed by atoms with Crippen molar-refractivity contribution >= 4 is 39.1 Å². The van der Waals surface area contributed by atoms with Crippen LogP contribution in [0.3, 0.4) is 0 Å². The lowest BCUT2D eigenvalue weighted by Gasteiger charge is -2.30. The number of nitrogens with zero attached hydrogens (tertiary/aromatic N) is 2. The number of amides is 2. The maximum absolute atomic E-state index is 13.0. The first kappa shape index (κ1) is 25.2. The Morgan fingerprint density at radius 1 is 1.06 bits per heavy atom. The Bertz CT molecular complexity index is 1120. The SMILES string of the molecule is CC(C)c1ccc(S(=O)(=O)N2CCC(C(=O)Nc3ccc(Cl)c(C(=O)N(C)C)c3)CC2)cc1. The highest BCUT2D eigenvalue weighted by molar-refractivity contribution is 7.89. The van der Waals surface area contributed by atoms with E-state index in [9.17, 15) is 18.0 Å². The summed E-state index contributed by atoms with van der Waals surface area (Å²) in [6, 6.07) is 11.8. The quantitative estimate of drug-likeness (QED) is 0.655. The second-order valence-electron chi connectivity index (χ2n) is 8.79. The zero-order chi connectivity index (χ0) is 24.3. The van der Waals surface area contributed by atoms with Crippen LogP contribution in [0.15, 0.2) is 47.4 Å². The van der Waals surface area contributed by atoms with Crippen LogP contribution < -0.4 is 5.32 Å². The van der Waals surface area contributed by atoms with Crippen LogP contribution in [0.25, 0.3) is 0 Å². The molecular formula is C24H30ClN3O4S. The Balaban J connectivity index is 1.63. The van der Waals surface area contributed by atoms with Gasteiger partial charge in [-0.1, -0.05) is 37.6 Å². The molecule has 1 fully saturated rings. The van der Waals surface area contributed by atoms with E-state index in [-0.39, 0.29) is 35.7 Å². The van der Waals surface area contributed by atoms with Gasteiger partial charge in [-0.05, 0) is 54.7 Å². The lowest BCUT2D eigenvalue weighted by Crippen LogP contribution is -2.41. The number of anilines is 1. The highest BCUT2D eigenvalue weighted by Crippen LogP contribution is 2.27. The van der Waals surface area contributed by atoms with Gasteiger partial charge in [-0.2, -0.15) is 4.31 Å². The normalized spacial score (nSPS) is 15.5. The Hall–Kier alpha value is -2.42. The standard InChI is InChI=1S/C24H30ClN3O4S/c1-16(2)17-5-8-20(9-6-17)33(31,32)28-13-11-18(12-14-28)23(29)26-19-7-10-22(25)21(15-19)24(30)27(3)4/h5-10,15-16,18H,11-14H2,1-4H3,(H,26,29). The van der Waals surface area contributed by atoms with Crippen LogP contribution in [0.5, 0.6) is 0 Å². The number of rotatable bonds is 6. The van der Waals surface area contributed by atoms with Gasteiger partial charge < -0.3 is 10.2 Å². The largest absolute Gasteiger partial charge is 0.345 e.